The molecule has 34 heavy (non-hydrogen) atoms. The fraction of sp³-hybridized carbons (Fsp3) is 0.423. The minimum Gasteiger partial charge on any atom is -0.491 e. The van der Waals surface area contributed by atoms with Gasteiger partial charge < -0.3 is 14.0 Å². The molecule has 0 N–H and O–H groups in total. The van der Waals surface area contributed by atoms with Gasteiger partial charge in [-0.1, -0.05) is 18.5 Å². The molecule has 0 amide bonds. The monoisotopic (exact) mass is 500 g/mol. The lowest BCUT2D eigenvalue weighted by atomic mass is 9.89. The van der Waals surface area contributed by atoms with Gasteiger partial charge in [-0.2, -0.15) is 5.26 Å². The fourth-order valence-electron chi connectivity index (χ4n) is 4.61. The molecule has 0 spiro atoms. The van der Waals surface area contributed by atoms with Crippen molar-refractivity contribution in [1.82, 2.24) is 4.57 Å². The Morgan fingerprint density at radius 2 is 1.91 bits per heavy atom. The number of ether oxygens (including phenoxy) is 2. The molecule has 8 heteroatoms. The van der Waals surface area contributed by atoms with Gasteiger partial charge in [-0.3, -0.25) is 0 Å². The first-order chi connectivity index (χ1) is 16.3. The van der Waals surface area contributed by atoms with E-state index in [2.05, 4.69) is 6.07 Å². The van der Waals surface area contributed by atoms with Gasteiger partial charge in [-0.15, -0.1) is 0 Å². The van der Waals surface area contributed by atoms with E-state index in [1.807, 2.05) is 48.0 Å². The van der Waals surface area contributed by atoms with Crippen LogP contribution in [-0.4, -0.2) is 37.7 Å². The van der Waals surface area contributed by atoms with Gasteiger partial charge >= 0.3 is 0 Å². The van der Waals surface area contributed by atoms with Crippen LogP contribution in [-0.2, 0) is 9.84 Å². The first-order valence-corrected chi connectivity index (χ1v) is 14.0. The summed E-state index contributed by atoms with van der Waals surface area (Å²) in [6, 6.07) is 13.8. The predicted octanol–water partition coefficient (Wildman–Crippen LogP) is 5.93. The van der Waals surface area contributed by atoms with Crippen molar-refractivity contribution in [2.75, 3.05) is 18.6 Å². The van der Waals surface area contributed by atoms with Crippen LogP contribution in [0.2, 0.25) is 5.02 Å². The Kier molecular flexibility index (Phi) is 7.39. The molecular weight excluding hydrogens is 472 g/mol. The molecule has 1 saturated carbocycles. The SMILES string of the molecule is CCCOc1c(Cl)cc(-n2ccc3cc(OC4CCC(CS(C)(=O)=O)CC4)ccc32)cc1C#N. The van der Waals surface area contributed by atoms with Crippen LogP contribution >= 0.6 is 11.6 Å². The number of aromatic nitrogens is 1. The minimum absolute atomic E-state index is 0.100. The Morgan fingerprint density at radius 1 is 1.15 bits per heavy atom. The smallest absolute Gasteiger partial charge is 0.155 e. The second-order valence-corrected chi connectivity index (χ2v) is 11.6. The Balaban J connectivity index is 1.50. The average molecular weight is 501 g/mol. The Bertz CT molecular complexity index is 1320. The zero-order chi connectivity index (χ0) is 24.3. The number of rotatable bonds is 8. The van der Waals surface area contributed by atoms with E-state index in [-0.39, 0.29) is 17.8 Å². The number of nitriles is 1. The maximum atomic E-state index is 11.6. The van der Waals surface area contributed by atoms with E-state index in [4.69, 9.17) is 21.1 Å². The largest absolute Gasteiger partial charge is 0.491 e. The molecule has 1 aliphatic carbocycles. The third-order valence-corrected chi connectivity index (χ3v) is 7.53. The Morgan fingerprint density at radius 3 is 2.59 bits per heavy atom. The molecule has 6 nitrogen and oxygen atoms in total. The van der Waals surface area contributed by atoms with Crippen molar-refractivity contribution in [3.8, 4) is 23.3 Å². The van der Waals surface area contributed by atoms with E-state index < -0.39 is 9.84 Å². The molecule has 1 fully saturated rings. The highest BCUT2D eigenvalue weighted by atomic mass is 35.5. The zero-order valence-corrected chi connectivity index (χ0v) is 21.0. The van der Waals surface area contributed by atoms with Crippen molar-refractivity contribution in [3.05, 3.63) is 53.2 Å². The van der Waals surface area contributed by atoms with Crippen LogP contribution in [0.1, 0.15) is 44.6 Å². The van der Waals surface area contributed by atoms with Crippen LogP contribution in [0.3, 0.4) is 0 Å². The van der Waals surface area contributed by atoms with Crippen molar-refractivity contribution in [2.24, 2.45) is 5.92 Å². The molecule has 0 bridgehead atoms. The molecule has 1 aliphatic rings. The number of hydrogen-bond donors (Lipinski definition) is 0. The molecule has 0 unspecified atom stereocenters. The van der Waals surface area contributed by atoms with Crippen molar-refractivity contribution in [3.63, 3.8) is 0 Å². The van der Waals surface area contributed by atoms with Crippen LogP contribution in [0.4, 0.5) is 0 Å². The standard InChI is InChI=1S/C26H29ClN2O4S/c1-3-12-32-26-20(16-28)13-21(15-24(26)27)29-11-10-19-14-23(8-9-25(19)29)33-22-6-4-18(5-7-22)17-34(2,30)31/h8-11,13-15,18,22H,3-7,12,17H2,1-2H3. The maximum Gasteiger partial charge on any atom is 0.155 e. The maximum absolute atomic E-state index is 11.6. The second kappa shape index (κ2) is 10.3. The fourth-order valence-corrected chi connectivity index (χ4v) is 6.07. The van der Waals surface area contributed by atoms with E-state index >= 15 is 0 Å². The number of fused-ring (bicyclic) bond motifs is 1. The molecule has 180 valence electrons. The molecule has 1 heterocycles. The summed E-state index contributed by atoms with van der Waals surface area (Å²) < 4.78 is 37.0. The highest BCUT2D eigenvalue weighted by Crippen LogP contribution is 2.34. The van der Waals surface area contributed by atoms with E-state index in [1.165, 1.54) is 6.26 Å². The lowest BCUT2D eigenvalue weighted by molar-refractivity contribution is 0.136. The van der Waals surface area contributed by atoms with Gasteiger partial charge in [0, 0.05) is 23.5 Å². The van der Waals surface area contributed by atoms with Gasteiger partial charge in [0.2, 0.25) is 0 Å². The number of nitrogens with zero attached hydrogens (tertiary/aromatic N) is 2. The molecular formula is C26H29ClN2O4S. The van der Waals surface area contributed by atoms with Crippen molar-refractivity contribution >= 4 is 32.3 Å². The van der Waals surface area contributed by atoms with Gasteiger partial charge in [0.25, 0.3) is 0 Å². The number of halogens is 1. The van der Waals surface area contributed by atoms with E-state index in [0.717, 1.165) is 54.4 Å². The summed E-state index contributed by atoms with van der Waals surface area (Å²) in [6.45, 7) is 2.50. The highest BCUT2D eigenvalue weighted by Gasteiger charge is 2.25. The summed E-state index contributed by atoms with van der Waals surface area (Å²) in [5.74, 6) is 1.72. The summed E-state index contributed by atoms with van der Waals surface area (Å²) in [5.41, 5.74) is 2.17. The van der Waals surface area contributed by atoms with Crippen molar-refractivity contribution in [1.29, 1.82) is 5.26 Å². The zero-order valence-electron chi connectivity index (χ0n) is 19.5. The van der Waals surface area contributed by atoms with Gasteiger partial charge in [-0.05, 0) is 74.4 Å². The summed E-state index contributed by atoms with van der Waals surface area (Å²) in [5, 5.41) is 11.0. The van der Waals surface area contributed by atoms with Crippen LogP contribution in [0.5, 0.6) is 11.5 Å². The Hall–Kier alpha value is -2.69. The molecule has 0 saturated heterocycles. The number of benzene rings is 2. The molecule has 0 radical (unpaired) electrons. The van der Waals surface area contributed by atoms with Gasteiger partial charge in [0.05, 0.1) is 34.6 Å². The number of sulfone groups is 1. The average Bonchev–Trinajstić information content (AvgIpc) is 3.21. The second-order valence-electron chi connectivity index (χ2n) is 9.02. The normalized spacial score (nSPS) is 18.5. The van der Waals surface area contributed by atoms with Crippen LogP contribution in [0.15, 0.2) is 42.6 Å². The molecule has 4 rings (SSSR count). The molecule has 3 aromatic rings. The van der Waals surface area contributed by atoms with Crippen LogP contribution < -0.4 is 9.47 Å². The van der Waals surface area contributed by atoms with E-state index in [9.17, 15) is 13.7 Å². The lowest BCUT2D eigenvalue weighted by Crippen LogP contribution is -2.27. The predicted molar refractivity (Wildman–Crippen MR) is 135 cm³/mol. The van der Waals surface area contributed by atoms with Crippen LogP contribution in [0, 0.1) is 17.2 Å². The van der Waals surface area contributed by atoms with Gasteiger partial charge in [0.1, 0.15) is 21.7 Å². The van der Waals surface area contributed by atoms with E-state index in [1.54, 1.807) is 6.07 Å². The lowest BCUT2D eigenvalue weighted by Gasteiger charge is -2.28. The Labute approximate surface area is 206 Å². The number of hydrogen-bond acceptors (Lipinski definition) is 5. The topological polar surface area (TPSA) is 81.3 Å². The summed E-state index contributed by atoms with van der Waals surface area (Å²) in [7, 11) is -2.94. The first kappa shape index (κ1) is 24.4. The van der Waals surface area contributed by atoms with Crippen molar-refractivity contribution < 1.29 is 17.9 Å². The summed E-state index contributed by atoms with van der Waals surface area (Å²) >= 11 is 6.45. The first-order valence-electron chi connectivity index (χ1n) is 11.6. The third-order valence-electron chi connectivity index (χ3n) is 6.17. The van der Waals surface area contributed by atoms with Gasteiger partial charge in [0.15, 0.2) is 5.75 Å². The van der Waals surface area contributed by atoms with Crippen LogP contribution in [0.25, 0.3) is 16.6 Å². The summed E-state index contributed by atoms with van der Waals surface area (Å²) in [4.78, 5) is 0. The third kappa shape index (κ3) is 5.68. The summed E-state index contributed by atoms with van der Waals surface area (Å²) in [6.07, 6.45) is 7.65. The van der Waals surface area contributed by atoms with Crippen molar-refractivity contribution in [2.45, 2.75) is 45.1 Å². The van der Waals surface area contributed by atoms with Gasteiger partial charge in [-0.25, -0.2) is 8.42 Å². The minimum atomic E-state index is -2.94. The molecule has 0 atom stereocenters. The van der Waals surface area contributed by atoms with E-state index in [0.29, 0.717) is 22.9 Å². The highest BCUT2D eigenvalue weighted by molar-refractivity contribution is 7.90. The molecule has 1 aromatic heterocycles. The molecule has 0 aliphatic heterocycles. The quantitative estimate of drug-likeness (QED) is 0.383. The molecule has 2 aromatic carbocycles.